The van der Waals surface area contributed by atoms with Crippen LogP contribution in [-0.2, 0) is 23.9 Å². The normalized spacial score (nSPS) is 10.5. The standard InChI is InChI=1S/C16H16N2O8/c1-25-13(20)7-11(16(24)26-2)18-12(19)8-17-14(21)9-5-3-4-6-10(9)15(22)23/h3-7H,8H2,1-2H3,(H,17,21)(H,18,19)(H,22,23)/b11-7-. The summed E-state index contributed by atoms with van der Waals surface area (Å²) in [6.45, 7) is -0.581. The zero-order valence-electron chi connectivity index (χ0n) is 13.9. The van der Waals surface area contributed by atoms with Crippen LogP contribution in [0.1, 0.15) is 20.7 Å². The lowest BCUT2D eigenvalue weighted by Gasteiger charge is -2.10. The Balaban J connectivity index is 2.78. The van der Waals surface area contributed by atoms with Crippen LogP contribution in [0.5, 0.6) is 0 Å². The van der Waals surface area contributed by atoms with Gasteiger partial charge in [0.1, 0.15) is 5.70 Å². The first kappa shape index (κ1) is 20.4. The first-order chi connectivity index (χ1) is 12.3. The minimum Gasteiger partial charge on any atom is -0.478 e. The molecule has 3 N–H and O–H groups in total. The lowest BCUT2D eigenvalue weighted by atomic mass is 10.1. The Kier molecular flexibility index (Phi) is 7.49. The molecule has 138 valence electrons. The van der Waals surface area contributed by atoms with Crippen molar-refractivity contribution in [3.05, 3.63) is 47.2 Å². The van der Waals surface area contributed by atoms with Gasteiger partial charge in [-0.15, -0.1) is 0 Å². The number of benzene rings is 1. The molecule has 0 unspecified atom stereocenters. The van der Waals surface area contributed by atoms with Crippen molar-refractivity contribution in [2.45, 2.75) is 0 Å². The van der Waals surface area contributed by atoms with Crippen molar-refractivity contribution in [1.82, 2.24) is 10.6 Å². The van der Waals surface area contributed by atoms with Crippen molar-refractivity contribution in [2.24, 2.45) is 0 Å². The van der Waals surface area contributed by atoms with E-state index in [0.29, 0.717) is 6.08 Å². The summed E-state index contributed by atoms with van der Waals surface area (Å²) in [6, 6.07) is 5.45. The SMILES string of the molecule is COC(=O)/C=C(\NC(=O)CNC(=O)c1ccccc1C(=O)O)C(=O)OC. The zero-order chi connectivity index (χ0) is 19.7. The van der Waals surface area contributed by atoms with E-state index in [1.807, 2.05) is 0 Å². The molecule has 1 aromatic rings. The highest BCUT2D eigenvalue weighted by atomic mass is 16.5. The van der Waals surface area contributed by atoms with E-state index in [9.17, 15) is 24.0 Å². The molecule has 1 rings (SSSR count). The summed E-state index contributed by atoms with van der Waals surface area (Å²) in [4.78, 5) is 57.7. The van der Waals surface area contributed by atoms with Gasteiger partial charge in [-0.05, 0) is 12.1 Å². The lowest BCUT2D eigenvalue weighted by molar-refractivity contribution is -0.139. The Labute approximate surface area is 147 Å². The molecule has 10 heteroatoms. The molecule has 0 aliphatic rings. The maximum absolute atomic E-state index is 12.0. The molecule has 0 saturated heterocycles. The van der Waals surface area contributed by atoms with Gasteiger partial charge < -0.3 is 25.2 Å². The first-order valence-electron chi connectivity index (χ1n) is 7.08. The fourth-order valence-corrected chi connectivity index (χ4v) is 1.75. The van der Waals surface area contributed by atoms with E-state index in [1.54, 1.807) is 0 Å². The molecule has 1 aromatic carbocycles. The van der Waals surface area contributed by atoms with Gasteiger partial charge in [0.05, 0.1) is 38.0 Å². The molecule has 0 fully saturated rings. The van der Waals surface area contributed by atoms with Gasteiger partial charge in [0.25, 0.3) is 5.91 Å². The summed E-state index contributed by atoms with van der Waals surface area (Å²) in [5, 5.41) is 13.4. The second kappa shape index (κ2) is 9.57. The monoisotopic (exact) mass is 364 g/mol. The number of aromatic carboxylic acids is 1. The first-order valence-corrected chi connectivity index (χ1v) is 7.08. The van der Waals surface area contributed by atoms with E-state index in [1.165, 1.54) is 24.3 Å². The number of hydrogen-bond donors (Lipinski definition) is 3. The fraction of sp³-hybridized carbons (Fsp3) is 0.188. The number of carbonyl (C=O) groups is 5. The smallest absolute Gasteiger partial charge is 0.354 e. The van der Waals surface area contributed by atoms with Crippen LogP contribution in [0.3, 0.4) is 0 Å². The third kappa shape index (κ3) is 5.74. The number of rotatable bonds is 7. The Hall–Kier alpha value is -3.69. The lowest BCUT2D eigenvalue weighted by Crippen LogP contribution is -2.38. The van der Waals surface area contributed by atoms with Crippen LogP contribution in [0.15, 0.2) is 36.0 Å². The number of carboxylic acid groups (broad SMARTS) is 1. The predicted molar refractivity (Wildman–Crippen MR) is 86.0 cm³/mol. The van der Waals surface area contributed by atoms with Gasteiger partial charge in [-0.25, -0.2) is 14.4 Å². The largest absolute Gasteiger partial charge is 0.478 e. The number of carboxylic acids is 1. The van der Waals surface area contributed by atoms with Crippen LogP contribution in [0.2, 0.25) is 0 Å². The van der Waals surface area contributed by atoms with Crippen LogP contribution in [-0.4, -0.2) is 55.6 Å². The van der Waals surface area contributed by atoms with E-state index >= 15 is 0 Å². The van der Waals surface area contributed by atoms with Crippen molar-refractivity contribution >= 4 is 29.7 Å². The number of methoxy groups -OCH3 is 2. The number of esters is 2. The molecule has 2 amide bonds. The van der Waals surface area contributed by atoms with Crippen LogP contribution in [0.4, 0.5) is 0 Å². The number of amides is 2. The van der Waals surface area contributed by atoms with Crippen LogP contribution in [0, 0.1) is 0 Å². The van der Waals surface area contributed by atoms with Gasteiger partial charge in [-0.3, -0.25) is 9.59 Å². The Morgan fingerprint density at radius 1 is 1.04 bits per heavy atom. The average Bonchev–Trinajstić information content (AvgIpc) is 2.64. The maximum atomic E-state index is 12.0. The van der Waals surface area contributed by atoms with Gasteiger partial charge in [-0.1, -0.05) is 12.1 Å². The molecule has 0 aromatic heterocycles. The predicted octanol–water partition coefficient (Wildman–Crippen LogP) is -0.539. The quantitative estimate of drug-likeness (QED) is 0.431. The third-order valence-corrected chi connectivity index (χ3v) is 2.95. The number of nitrogens with one attached hydrogen (secondary N) is 2. The van der Waals surface area contributed by atoms with Crippen molar-refractivity contribution in [2.75, 3.05) is 20.8 Å². The molecule has 0 heterocycles. The molecule has 0 aliphatic heterocycles. The number of carbonyl (C=O) groups excluding carboxylic acids is 4. The molecule has 0 aliphatic carbocycles. The van der Waals surface area contributed by atoms with Crippen molar-refractivity contribution in [3.8, 4) is 0 Å². The van der Waals surface area contributed by atoms with E-state index in [-0.39, 0.29) is 11.1 Å². The molecule has 0 bridgehead atoms. The van der Waals surface area contributed by atoms with Crippen molar-refractivity contribution in [3.63, 3.8) is 0 Å². The summed E-state index contributed by atoms with van der Waals surface area (Å²) in [5.74, 6) is -4.83. The zero-order valence-corrected chi connectivity index (χ0v) is 13.9. The third-order valence-electron chi connectivity index (χ3n) is 2.95. The Morgan fingerprint density at radius 2 is 1.65 bits per heavy atom. The summed E-state index contributed by atoms with van der Waals surface area (Å²) >= 11 is 0. The van der Waals surface area contributed by atoms with Crippen LogP contribution >= 0.6 is 0 Å². The molecule has 26 heavy (non-hydrogen) atoms. The molecule has 10 nitrogen and oxygen atoms in total. The summed E-state index contributed by atoms with van der Waals surface area (Å²) in [5.41, 5.74) is -0.845. The van der Waals surface area contributed by atoms with Gasteiger partial charge in [0, 0.05) is 0 Å². The molecule has 0 saturated carbocycles. The van der Waals surface area contributed by atoms with Crippen LogP contribution < -0.4 is 10.6 Å². The average molecular weight is 364 g/mol. The summed E-state index contributed by atoms with van der Waals surface area (Å²) < 4.78 is 8.76. The highest BCUT2D eigenvalue weighted by Crippen LogP contribution is 2.08. The second-order valence-corrected chi connectivity index (χ2v) is 4.65. The van der Waals surface area contributed by atoms with Gasteiger partial charge in [0.2, 0.25) is 5.91 Å². The van der Waals surface area contributed by atoms with Gasteiger partial charge in [-0.2, -0.15) is 0 Å². The molecule has 0 spiro atoms. The number of hydrogen-bond acceptors (Lipinski definition) is 7. The Bertz CT molecular complexity index is 769. The molecule has 0 atom stereocenters. The topological polar surface area (TPSA) is 148 Å². The summed E-state index contributed by atoms with van der Waals surface area (Å²) in [7, 11) is 2.12. The summed E-state index contributed by atoms with van der Waals surface area (Å²) in [6.07, 6.45) is 0.714. The van der Waals surface area contributed by atoms with Crippen molar-refractivity contribution in [1.29, 1.82) is 0 Å². The second-order valence-electron chi connectivity index (χ2n) is 4.65. The number of ether oxygens (including phenoxy) is 2. The molecular formula is C16H16N2O8. The highest BCUT2D eigenvalue weighted by Gasteiger charge is 2.18. The highest BCUT2D eigenvalue weighted by molar-refractivity contribution is 6.06. The molecular weight excluding hydrogens is 348 g/mol. The maximum Gasteiger partial charge on any atom is 0.354 e. The van der Waals surface area contributed by atoms with E-state index < -0.39 is 42.0 Å². The van der Waals surface area contributed by atoms with Crippen molar-refractivity contribution < 1.29 is 38.6 Å². The minimum absolute atomic E-state index is 0.133. The van der Waals surface area contributed by atoms with E-state index in [0.717, 1.165) is 14.2 Å². The molecule has 0 radical (unpaired) electrons. The minimum atomic E-state index is -1.30. The van der Waals surface area contributed by atoms with E-state index in [2.05, 4.69) is 20.1 Å². The Morgan fingerprint density at radius 3 is 2.19 bits per heavy atom. The van der Waals surface area contributed by atoms with Gasteiger partial charge >= 0.3 is 17.9 Å². The van der Waals surface area contributed by atoms with Gasteiger partial charge in [0.15, 0.2) is 0 Å². The van der Waals surface area contributed by atoms with Crippen LogP contribution in [0.25, 0.3) is 0 Å². The van der Waals surface area contributed by atoms with E-state index in [4.69, 9.17) is 5.11 Å². The fourth-order valence-electron chi connectivity index (χ4n) is 1.75.